The number of aliphatic hydroxyl groups is 1. The van der Waals surface area contributed by atoms with E-state index in [1.165, 1.54) is 24.8 Å². The molecule has 4 nitrogen and oxygen atoms in total. The monoisotopic (exact) mass is 464 g/mol. The Morgan fingerprint density at radius 1 is 1.28 bits per heavy atom. The average molecular weight is 465 g/mol. The largest absolute Gasteiger partial charge is 0.481 e. The van der Waals surface area contributed by atoms with E-state index in [0.29, 0.717) is 17.9 Å². The number of carbonyl (C=O) groups is 1. The third-order valence-electron chi connectivity index (χ3n) is 7.25. The van der Waals surface area contributed by atoms with Gasteiger partial charge in [-0.2, -0.15) is 0 Å². The molecule has 5 heteroatoms. The van der Waals surface area contributed by atoms with Gasteiger partial charge in [0, 0.05) is 12.7 Å². The molecule has 0 aromatic heterocycles. The van der Waals surface area contributed by atoms with E-state index in [1.807, 2.05) is 6.08 Å². The van der Waals surface area contributed by atoms with Crippen molar-refractivity contribution in [3.05, 3.63) is 29.5 Å². The molecule has 0 bridgehead atoms. The highest BCUT2D eigenvalue weighted by Gasteiger charge is 2.39. The minimum atomic E-state index is -1.80. The molecule has 0 fully saturated rings. The van der Waals surface area contributed by atoms with E-state index in [-0.39, 0.29) is 18.1 Å². The lowest BCUT2D eigenvalue weighted by Crippen LogP contribution is -2.44. The quantitative estimate of drug-likeness (QED) is 0.116. The fourth-order valence-electron chi connectivity index (χ4n) is 4.21. The fraction of sp³-hybridized carbons (Fsp3) is 0.778. The van der Waals surface area contributed by atoms with Crippen LogP contribution in [0.5, 0.6) is 0 Å². The smallest absolute Gasteiger partial charge is 0.307 e. The van der Waals surface area contributed by atoms with Crippen molar-refractivity contribution >= 4 is 14.3 Å². The summed E-state index contributed by atoms with van der Waals surface area (Å²) >= 11 is 0. The summed E-state index contributed by atoms with van der Waals surface area (Å²) in [5.74, 6) is -0.122. The number of rotatable bonds is 15. The summed E-state index contributed by atoms with van der Waals surface area (Å²) < 4.78 is 6.84. The molecule has 32 heavy (non-hydrogen) atoms. The molecular formula is C27H48O4Si. The molecule has 0 aliphatic heterocycles. The molecule has 0 spiro atoms. The third-order valence-corrected chi connectivity index (χ3v) is 11.8. The van der Waals surface area contributed by atoms with E-state index in [9.17, 15) is 9.90 Å². The molecule has 2 N–H and O–H groups in total. The van der Waals surface area contributed by atoms with Crippen LogP contribution in [0.15, 0.2) is 29.5 Å². The second kappa shape index (κ2) is 14.2. The number of hydrogen-bond acceptors (Lipinski definition) is 3. The Balaban J connectivity index is 2.73. The minimum Gasteiger partial charge on any atom is -0.481 e. The second-order valence-corrected chi connectivity index (χ2v) is 15.6. The van der Waals surface area contributed by atoms with Crippen LogP contribution in [0.3, 0.4) is 0 Å². The summed E-state index contributed by atoms with van der Waals surface area (Å²) in [5, 5.41) is 18.8. The van der Waals surface area contributed by atoms with Crippen LogP contribution in [0.1, 0.15) is 91.9 Å². The molecule has 184 valence electrons. The van der Waals surface area contributed by atoms with Crippen molar-refractivity contribution in [2.45, 2.75) is 116 Å². The number of carboxylic acid groups (broad SMARTS) is 1. The van der Waals surface area contributed by atoms with Gasteiger partial charge >= 0.3 is 5.97 Å². The van der Waals surface area contributed by atoms with Gasteiger partial charge in [-0.25, -0.2) is 0 Å². The van der Waals surface area contributed by atoms with Crippen LogP contribution in [0.2, 0.25) is 18.1 Å². The van der Waals surface area contributed by atoms with E-state index in [2.05, 4.69) is 52.6 Å². The number of aliphatic hydroxyl groups excluding tert-OH is 1. The van der Waals surface area contributed by atoms with Gasteiger partial charge in [0.2, 0.25) is 0 Å². The van der Waals surface area contributed by atoms with Crippen LogP contribution in [0, 0.1) is 11.8 Å². The van der Waals surface area contributed by atoms with E-state index in [4.69, 9.17) is 9.53 Å². The first-order valence-electron chi connectivity index (χ1n) is 12.6. The number of unbranched alkanes of at least 4 members (excludes halogenated alkanes) is 2. The molecule has 0 radical (unpaired) electrons. The standard InChI is InChI=1S/C27H48O4Si/c1-7-8-11-14-24(31-32(5,6)27(2,3)4)20-19-22-17-18-23(21-28)25(22)15-12-9-10-13-16-26(29)30/h9,13,17,23-25,28H,7-8,11-12,14-16,18-21H2,1-6H3,(H,29,30)/t10?,23-,24+,25+/m1/s1. The van der Waals surface area contributed by atoms with Crippen LogP contribution >= 0.6 is 0 Å². The topological polar surface area (TPSA) is 66.8 Å². The molecule has 1 aliphatic rings. The summed E-state index contributed by atoms with van der Waals surface area (Å²) in [7, 11) is -1.80. The van der Waals surface area contributed by atoms with Crippen LogP contribution in [0.4, 0.5) is 0 Å². The Bertz CT molecular complexity index is 653. The summed E-state index contributed by atoms with van der Waals surface area (Å²) in [6, 6.07) is 0. The van der Waals surface area contributed by atoms with Gasteiger partial charge in [-0.1, -0.05) is 58.6 Å². The molecule has 0 saturated heterocycles. The summed E-state index contributed by atoms with van der Waals surface area (Å²) in [4.78, 5) is 10.6. The van der Waals surface area contributed by atoms with Crippen molar-refractivity contribution in [1.29, 1.82) is 0 Å². The predicted molar refractivity (Wildman–Crippen MR) is 136 cm³/mol. The molecule has 1 aliphatic carbocycles. The lowest BCUT2D eigenvalue weighted by molar-refractivity contribution is -0.136. The maximum absolute atomic E-state index is 10.6. The van der Waals surface area contributed by atoms with Gasteiger partial charge in [0.1, 0.15) is 0 Å². The molecule has 1 rings (SSSR count). The van der Waals surface area contributed by atoms with E-state index in [0.717, 1.165) is 38.5 Å². The molecule has 0 amide bonds. The van der Waals surface area contributed by atoms with Crippen molar-refractivity contribution in [2.75, 3.05) is 6.61 Å². The van der Waals surface area contributed by atoms with Gasteiger partial charge in [0.15, 0.2) is 8.32 Å². The van der Waals surface area contributed by atoms with Gasteiger partial charge in [0.05, 0.1) is 6.42 Å². The lowest BCUT2D eigenvalue weighted by Gasteiger charge is -2.39. The SMILES string of the molecule is CCCCC[C@@H](CCC1=CC[C@H](CO)[C@H]1CCC=C=CCC(=O)O)O[Si](C)(C)C(C)(C)C. The highest BCUT2D eigenvalue weighted by Crippen LogP contribution is 2.40. The van der Waals surface area contributed by atoms with Crippen LogP contribution in [-0.4, -0.2) is 37.2 Å². The molecule has 3 atom stereocenters. The Morgan fingerprint density at radius 3 is 2.59 bits per heavy atom. The Labute approximate surface area is 198 Å². The zero-order chi connectivity index (χ0) is 24.2. The Kier molecular flexibility index (Phi) is 12.8. The molecule has 0 aromatic carbocycles. The number of carboxylic acids is 1. The van der Waals surface area contributed by atoms with Gasteiger partial charge in [0.25, 0.3) is 0 Å². The Hall–Kier alpha value is -1.13. The third kappa shape index (κ3) is 10.2. The number of aliphatic carboxylic acids is 1. The maximum atomic E-state index is 10.6. The van der Waals surface area contributed by atoms with Gasteiger partial charge in [-0.15, -0.1) is 5.73 Å². The minimum absolute atomic E-state index is 0.0119. The molecule has 0 unspecified atom stereocenters. The summed E-state index contributed by atoms with van der Waals surface area (Å²) in [6.45, 7) is 14.1. The van der Waals surface area contributed by atoms with Crippen molar-refractivity contribution < 1.29 is 19.4 Å². The molecular weight excluding hydrogens is 416 g/mol. The van der Waals surface area contributed by atoms with Crippen molar-refractivity contribution in [3.8, 4) is 0 Å². The fourth-order valence-corrected chi connectivity index (χ4v) is 5.64. The van der Waals surface area contributed by atoms with Gasteiger partial charge in [-0.3, -0.25) is 4.79 Å². The van der Waals surface area contributed by atoms with Crippen molar-refractivity contribution in [1.82, 2.24) is 0 Å². The van der Waals surface area contributed by atoms with Gasteiger partial charge in [-0.05, 0) is 80.6 Å². The zero-order valence-corrected chi connectivity index (χ0v) is 22.5. The molecule has 0 heterocycles. The average Bonchev–Trinajstić information content (AvgIpc) is 3.09. The van der Waals surface area contributed by atoms with E-state index >= 15 is 0 Å². The van der Waals surface area contributed by atoms with E-state index in [1.54, 1.807) is 6.08 Å². The molecule has 0 aromatic rings. The second-order valence-electron chi connectivity index (χ2n) is 10.8. The normalized spacial score (nSPS) is 19.9. The first kappa shape index (κ1) is 28.9. The van der Waals surface area contributed by atoms with Crippen molar-refractivity contribution in [3.63, 3.8) is 0 Å². The summed E-state index contributed by atoms with van der Waals surface area (Å²) in [5.41, 5.74) is 4.46. The first-order valence-corrected chi connectivity index (χ1v) is 15.5. The number of hydrogen-bond donors (Lipinski definition) is 2. The van der Waals surface area contributed by atoms with Crippen LogP contribution in [0.25, 0.3) is 0 Å². The highest BCUT2D eigenvalue weighted by molar-refractivity contribution is 6.74. The van der Waals surface area contributed by atoms with Crippen LogP contribution in [-0.2, 0) is 9.22 Å². The predicted octanol–water partition coefficient (Wildman–Crippen LogP) is 7.26. The van der Waals surface area contributed by atoms with Gasteiger partial charge < -0.3 is 14.6 Å². The zero-order valence-electron chi connectivity index (χ0n) is 21.5. The van der Waals surface area contributed by atoms with Crippen LogP contribution < -0.4 is 0 Å². The maximum Gasteiger partial charge on any atom is 0.307 e. The number of allylic oxidation sites excluding steroid dienone is 2. The molecule has 0 saturated carbocycles. The first-order chi connectivity index (χ1) is 15.0. The van der Waals surface area contributed by atoms with E-state index < -0.39 is 14.3 Å². The Morgan fingerprint density at radius 2 is 2.00 bits per heavy atom. The lowest BCUT2D eigenvalue weighted by atomic mass is 9.85. The highest BCUT2D eigenvalue weighted by atomic mass is 28.4. The van der Waals surface area contributed by atoms with Crippen molar-refractivity contribution in [2.24, 2.45) is 11.8 Å². The summed E-state index contributed by atoms with van der Waals surface area (Å²) in [6.07, 6.45) is 15.9.